The second-order valence-corrected chi connectivity index (χ2v) is 5.32. The number of aromatic nitrogens is 1. The van der Waals surface area contributed by atoms with Crippen LogP contribution in [0.5, 0.6) is 0 Å². The third kappa shape index (κ3) is 3.46. The monoisotopic (exact) mass is 325 g/mol. The molecule has 0 saturated heterocycles. The summed E-state index contributed by atoms with van der Waals surface area (Å²) >= 11 is 0. The van der Waals surface area contributed by atoms with Gasteiger partial charge < -0.3 is 5.11 Å². The maximum absolute atomic E-state index is 13.5. The van der Waals surface area contributed by atoms with Gasteiger partial charge in [0.05, 0.1) is 12.1 Å². The van der Waals surface area contributed by atoms with Gasteiger partial charge in [0.2, 0.25) is 0 Å². The van der Waals surface area contributed by atoms with Crippen LogP contribution in [0, 0.1) is 11.6 Å². The number of pyridine rings is 1. The molecular weight excluding hydrogens is 312 g/mol. The molecule has 3 rings (SSSR count). The minimum Gasteiger partial charge on any atom is -0.481 e. The van der Waals surface area contributed by atoms with Gasteiger partial charge in [0.1, 0.15) is 11.6 Å². The maximum atomic E-state index is 13.5. The molecule has 1 N–H and O–H groups in total. The van der Waals surface area contributed by atoms with Gasteiger partial charge in [-0.05, 0) is 41.5 Å². The van der Waals surface area contributed by atoms with Gasteiger partial charge in [-0.1, -0.05) is 24.3 Å². The van der Waals surface area contributed by atoms with E-state index in [0.29, 0.717) is 27.9 Å². The summed E-state index contributed by atoms with van der Waals surface area (Å²) in [4.78, 5) is 15.4. The van der Waals surface area contributed by atoms with E-state index in [1.54, 1.807) is 30.3 Å². The molecule has 24 heavy (non-hydrogen) atoms. The molecule has 0 radical (unpaired) electrons. The number of rotatable bonds is 4. The number of carboxylic acids is 1. The van der Waals surface area contributed by atoms with Crippen molar-refractivity contribution >= 4 is 5.97 Å². The lowest BCUT2D eigenvalue weighted by atomic mass is 9.97. The van der Waals surface area contributed by atoms with Crippen LogP contribution in [-0.4, -0.2) is 16.1 Å². The van der Waals surface area contributed by atoms with E-state index in [0.717, 1.165) is 0 Å². The molecule has 1 aromatic heterocycles. The van der Waals surface area contributed by atoms with Crippen molar-refractivity contribution in [3.63, 3.8) is 0 Å². The SMILES string of the molecule is O=C(O)Cc1cc(-c2cccc(F)c2)ncc1-c1cccc(F)c1. The van der Waals surface area contributed by atoms with Crippen molar-refractivity contribution in [2.75, 3.05) is 0 Å². The van der Waals surface area contributed by atoms with Crippen LogP contribution < -0.4 is 0 Å². The first kappa shape index (κ1) is 15.8. The lowest BCUT2D eigenvalue weighted by Crippen LogP contribution is -2.03. The summed E-state index contributed by atoms with van der Waals surface area (Å²) < 4.78 is 26.8. The summed E-state index contributed by atoms with van der Waals surface area (Å²) in [6.07, 6.45) is 1.25. The zero-order valence-electron chi connectivity index (χ0n) is 12.5. The zero-order chi connectivity index (χ0) is 17.1. The van der Waals surface area contributed by atoms with Gasteiger partial charge >= 0.3 is 5.97 Å². The largest absolute Gasteiger partial charge is 0.481 e. The Morgan fingerprint density at radius 3 is 2.21 bits per heavy atom. The Morgan fingerprint density at radius 1 is 0.958 bits per heavy atom. The molecule has 0 fully saturated rings. The second-order valence-electron chi connectivity index (χ2n) is 5.32. The minimum absolute atomic E-state index is 0.239. The van der Waals surface area contributed by atoms with Crippen LogP contribution in [-0.2, 0) is 11.2 Å². The molecule has 0 aliphatic carbocycles. The van der Waals surface area contributed by atoms with E-state index in [1.807, 2.05) is 0 Å². The van der Waals surface area contributed by atoms with Crippen molar-refractivity contribution < 1.29 is 18.7 Å². The Bertz CT molecular complexity index is 909. The first-order valence-electron chi connectivity index (χ1n) is 7.25. The van der Waals surface area contributed by atoms with Crippen LogP contribution in [0.4, 0.5) is 8.78 Å². The van der Waals surface area contributed by atoms with Crippen LogP contribution in [0.3, 0.4) is 0 Å². The topological polar surface area (TPSA) is 50.2 Å². The van der Waals surface area contributed by atoms with Gasteiger partial charge in [-0.2, -0.15) is 0 Å². The van der Waals surface area contributed by atoms with E-state index in [2.05, 4.69) is 4.98 Å². The molecule has 0 aliphatic rings. The summed E-state index contributed by atoms with van der Waals surface area (Å²) in [7, 11) is 0. The van der Waals surface area contributed by atoms with E-state index in [9.17, 15) is 13.6 Å². The van der Waals surface area contributed by atoms with Crippen molar-refractivity contribution in [3.05, 3.63) is 78.0 Å². The molecular formula is C19H13F2NO2. The predicted molar refractivity (Wildman–Crippen MR) is 86.4 cm³/mol. The predicted octanol–water partition coefficient (Wildman–Crippen LogP) is 4.32. The molecule has 0 atom stereocenters. The summed E-state index contributed by atoms with van der Waals surface area (Å²) in [5, 5.41) is 9.14. The third-order valence-corrected chi connectivity index (χ3v) is 3.59. The lowest BCUT2D eigenvalue weighted by molar-refractivity contribution is -0.136. The van der Waals surface area contributed by atoms with Crippen molar-refractivity contribution in [2.24, 2.45) is 0 Å². The molecule has 0 amide bonds. The smallest absolute Gasteiger partial charge is 0.307 e. The fraction of sp³-hybridized carbons (Fsp3) is 0.0526. The Labute approximate surface area is 137 Å². The zero-order valence-corrected chi connectivity index (χ0v) is 12.5. The van der Waals surface area contributed by atoms with Gasteiger partial charge in [-0.3, -0.25) is 9.78 Å². The highest BCUT2D eigenvalue weighted by Crippen LogP contribution is 2.28. The molecule has 0 spiro atoms. The van der Waals surface area contributed by atoms with Gasteiger partial charge in [-0.25, -0.2) is 8.78 Å². The van der Waals surface area contributed by atoms with Crippen molar-refractivity contribution in [1.29, 1.82) is 0 Å². The molecule has 0 aliphatic heterocycles. The van der Waals surface area contributed by atoms with Gasteiger partial charge in [0.15, 0.2) is 0 Å². The molecule has 3 nitrogen and oxygen atoms in total. The molecule has 3 aromatic rings. The first-order valence-corrected chi connectivity index (χ1v) is 7.25. The number of aliphatic carboxylic acids is 1. The number of nitrogens with zero attached hydrogens (tertiary/aromatic N) is 1. The lowest BCUT2D eigenvalue weighted by Gasteiger charge is -2.11. The van der Waals surface area contributed by atoms with E-state index >= 15 is 0 Å². The van der Waals surface area contributed by atoms with Crippen LogP contribution in [0.1, 0.15) is 5.56 Å². The second kappa shape index (κ2) is 6.58. The first-order chi connectivity index (χ1) is 11.5. The van der Waals surface area contributed by atoms with Crippen molar-refractivity contribution in [1.82, 2.24) is 4.98 Å². The maximum Gasteiger partial charge on any atom is 0.307 e. The standard InChI is InChI=1S/C19H13F2NO2/c20-15-5-1-3-12(7-15)17-11-22-18(9-14(17)10-19(23)24)13-4-2-6-16(21)8-13/h1-9,11H,10H2,(H,23,24). The highest BCUT2D eigenvalue weighted by molar-refractivity contribution is 5.78. The third-order valence-electron chi connectivity index (χ3n) is 3.59. The molecule has 0 bridgehead atoms. The Morgan fingerprint density at radius 2 is 1.58 bits per heavy atom. The van der Waals surface area contributed by atoms with Crippen molar-refractivity contribution in [2.45, 2.75) is 6.42 Å². The average molecular weight is 325 g/mol. The van der Waals surface area contributed by atoms with E-state index < -0.39 is 17.6 Å². The van der Waals surface area contributed by atoms with Crippen LogP contribution in [0.25, 0.3) is 22.4 Å². The number of benzene rings is 2. The number of carboxylic acid groups (broad SMARTS) is 1. The van der Waals surface area contributed by atoms with Crippen LogP contribution >= 0.6 is 0 Å². The van der Waals surface area contributed by atoms with Crippen LogP contribution in [0.2, 0.25) is 0 Å². The fourth-order valence-corrected chi connectivity index (χ4v) is 2.53. The normalized spacial score (nSPS) is 10.6. The highest BCUT2D eigenvalue weighted by Gasteiger charge is 2.12. The summed E-state index contributed by atoms with van der Waals surface area (Å²) in [5.74, 6) is -1.82. The Kier molecular flexibility index (Phi) is 4.33. The molecule has 2 aromatic carbocycles. The number of carbonyl (C=O) groups is 1. The van der Waals surface area contributed by atoms with E-state index in [1.165, 1.54) is 30.5 Å². The average Bonchev–Trinajstić information content (AvgIpc) is 2.54. The summed E-state index contributed by atoms with van der Waals surface area (Å²) in [6.45, 7) is 0. The van der Waals surface area contributed by atoms with Gasteiger partial charge in [0.25, 0.3) is 0 Å². The minimum atomic E-state index is -1.01. The Balaban J connectivity index is 2.12. The molecule has 120 valence electrons. The number of hydrogen-bond donors (Lipinski definition) is 1. The summed E-state index contributed by atoms with van der Waals surface area (Å²) in [6, 6.07) is 13.4. The molecule has 1 heterocycles. The van der Waals surface area contributed by atoms with Crippen molar-refractivity contribution in [3.8, 4) is 22.4 Å². The fourth-order valence-electron chi connectivity index (χ4n) is 2.53. The molecule has 0 unspecified atom stereocenters. The number of halogens is 2. The van der Waals surface area contributed by atoms with E-state index in [-0.39, 0.29) is 6.42 Å². The number of hydrogen-bond acceptors (Lipinski definition) is 2. The highest BCUT2D eigenvalue weighted by atomic mass is 19.1. The molecule has 5 heteroatoms. The van der Waals surface area contributed by atoms with Crippen LogP contribution in [0.15, 0.2) is 60.8 Å². The quantitative estimate of drug-likeness (QED) is 0.777. The molecule has 0 saturated carbocycles. The van der Waals surface area contributed by atoms with Gasteiger partial charge in [0, 0.05) is 17.3 Å². The van der Waals surface area contributed by atoms with Gasteiger partial charge in [-0.15, -0.1) is 0 Å². The van der Waals surface area contributed by atoms with E-state index in [4.69, 9.17) is 5.11 Å². The Hall–Kier alpha value is -3.08. The summed E-state index contributed by atoms with van der Waals surface area (Å²) in [5.41, 5.74) is 2.59.